The highest BCUT2D eigenvalue weighted by atomic mass is 16.2. The zero-order valence-electron chi connectivity index (χ0n) is 11.7. The summed E-state index contributed by atoms with van der Waals surface area (Å²) < 4.78 is 0. The van der Waals surface area contributed by atoms with Gasteiger partial charge in [-0.2, -0.15) is 0 Å². The average molecular weight is 252 g/mol. The molecule has 2 unspecified atom stereocenters. The maximum absolute atomic E-state index is 12.5. The topological polar surface area (TPSA) is 46.3 Å². The van der Waals surface area contributed by atoms with Crippen molar-refractivity contribution >= 4 is 5.91 Å². The van der Waals surface area contributed by atoms with Crippen LogP contribution < -0.4 is 5.73 Å². The first-order valence-corrected chi connectivity index (χ1v) is 7.70. The van der Waals surface area contributed by atoms with Crippen molar-refractivity contribution in [2.45, 2.75) is 76.3 Å². The van der Waals surface area contributed by atoms with E-state index in [2.05, 4.69) is 0 Å². The summed E-state index contributed by atoms with van der Waals surface area (Å²) in [6.45, 7) is 0. The third-order valence-corrected chi connectivity index (χ3v) is 4.78. The lowest BCUT2D eigenvalue weighted by molar-refractivity contribution is -0.137. The van der Waals surface area contributed by atoms with Gasteiger partial charge in [0.25, 0.3) is 0 Å². The molecule has 0 saturated heterocycles. The van der Waals surface area contributed by atoms with E-state index in [1.165, 1.54) is 38.5 Å². The molecule has 0 heterocycles. The van der Waals surface area contributed by atoms with Crippen molar-refractivity contribution in [3.8, 4) is 0 Å². The van der Waals surface area contributed by atoms with E-state index in [1.54, 1.807) is 0 Å². The zero-order chi connectivity index (χ0) is 13.0. The molecule has 0 spiro atoms. The number of rotatable bonds is 2. The standard InChI is InChI=1S/C15H28N2O/c1-17(14-9-4-2-3-5-10-14)15(18)12-7-6-8-13(16)11-12/h12-14H,2-11,16H2,1H3. The summed E-state index contributed by atoms with van der Waals surface area (Å²) in [7, 11) is 2.01. The number of nitrogens with zero attached hydrogens (tertiary/aromatic N) is 1. The smallest absolute Gasteiger partial charge is 0.225 e. The largest absolute Gasteiger partial charge is 0.343 e. The first-order chi connectivity index (χ1) is 8.68. The number of carbonyl (C=O) groups excluding carboxylic acids is 1. The Labute approximate surface area is 111 Å². The molecular formula is C15H28N2O. The van der Waals surface area contributed by atoms with Crippen LogP contribution in [0.4, 0.5) is 0 Å². The molecule has 2 rings (SSSR count). The summed E-state index contributed by atoms with van der Waals surface area (Å²) in [6.07, 6.45) is 11.8. The van der Waals surface area contributed by atoms with E-state index in [4.69, 9.17) is 5.73 Å². The van der Waals surface area contributed by atoms with Crippen LogP contribution in [0.15, 0.2) is 0 Å². The van der Waals surface area contributed by atoms with Crippen LogP contribution in [0.3, 0.4) is 0 Å². The minimum Gasteiger partial charge on any atom is -0.343 e. The number of hydrogen-bond acceptors (Lipinski definition) is 2. The molecule has 2 saturated carbocycles. The highest BCUT2D eigenvalue weighted by Crippen LogP contribution is 2.27. The molecule has 0 aromatic carbocycles. The van der Waals surface area contributed by atoms with Crippen molar-refractivity contribution in [3.63, 3.8) is 0 Å². The molecule has 0 aromatic rings. The van der Waals surface area contributed by atoms with E-state index >= 15 is 0 Å². The normalized spacial score (nSPS) is 30.8. The van der Waals surface area contributed by atoms with E-state index in [0.717, 1.165) is 25.7 Å². The van der Waals surface area contributed by atoms with Crippen LogP contribution >= 0.6 is 0 Å². The minimum absolute atomic E-state index is 0.196. The van der Waals surface area contributed by atoms with E-state index in [1.807, 2.05) is 11.9 Å². The van der Waals surface area contributed by atoms with Crippen molar-refractivity contribution in [2.24, 2.45) is 11.7 Å². The molecule has 0 aliphatic heterocycles. The quantitative estimate of drug-likeness (QED) is 0.768. The molecule has 104 valence electrons. The predicted octanol–water partition coefficient (Wildman–Crippen LogP) is 2.69. The molecule has 18 heavy (non-hydrogen) atoms. The van der Waals surface area contributed by atoms with Gasteiger partial charge in [0.1, 0.15) is 0 Å². The Kier molecular flexibility index (Phi) is 5.04. The first kappa shape index (κ1) is 13.9. The molecule has 0 radical (unpaired) electrons. The van der Waals surface area contributed by atoms with Gasteiger partial charge < -0.3 is 10.6 Å². The summed E-state index contributed by atoms with van der Waals surface area (Å²) in [4.78, 5) is 14.6. The SMILES string of the molecule is CN(C(=O)C1CCCC(N)C1)C1CCCCCC1. The Morgan fingerprint density at radius 1 is 1.00 bits per heavy atom. The van der Waals surface area contributed by atoms with Crippen LogP contribution in [0.2, 0.25) is 0 Å². The molecule has 2 fully saturated rings. The fourth-order valence-electron chi connectivity index (χ4n) is 3.56. The van der Waals surface area contributed by atoms with Crippen LogP contribution in [0.5, 0.6) is 0 Å². The van der Waals surface area contributed by atoms with Gasteiger partial charge >= 0.3 is 0 Å². The average Bonchev–Trinajstić information content (AvgIpc) is 2.66. The number of amides is 1. The maximum Gasteiger partial charge on any atom is 0.225 e. The van der Waals surface area contributed by atoms with Crippen LogP contribution in [-0.4, -0.2) is 29.9 Å². The van der Waals surface area contributed by atoms with E-state index in [-0.39, 0.29) is 12.0 Å². The number of carbonyl (C=O) groups is 1. The second-order valence-corrected chi connectivity index (χ2v) is 6.22. The molecule has 0 bridgehead atoms. The first-order valence-electron chi connectivity index (χ1n) is 7.70. The highest BCUT2D eigenvalue weighted by molar-refractivity contribution is 5.79. The van der Waals surface area contributed by atoms with Crippen LogP contribution in [0, 0.1) is 5.92 Å². The highest BCUT2D eigenvalue weighted by Gasteiger charge is 2.30. The molecule has 0 aromatic heterocycles. The molecule has 2 aliphatic rings. The van der Waals surface area contributed by atoms with E-state index < -0.39 is 0 Å². The van der Waals surface area contributed by atoms with Crippen LogP contribution in [0.1, 0.15) is 64.2 Å². The lowest BCUT2D eigenvalue weighted by Gasteiger charge is -2.33. The van der Waals surface area contributed by atoms with Crippen molar-refractivity contribution in [3.05, 3.63) is 0 Å². The molecule has 3 nitrogen and oxygen atoms in total. The molecule has 3 heteroatoms. The van der Waals surface area contributed by atoms with Crippen molar-refractivity contribution in [1.82, 2.24) is 4.90 Å². The Morgan fingerprint density at radius 2 is 1.67 bits per heavy atom. The van der Waals surface area contributed by atoms with E-state index in [9.17, 15) is 4.79 Å². The predicted molar refractivity (Wildman–Crippen MR) is 74.2 cm³/mol. The zero-order valence-corrected chi connectivity index (χ0v) is 11.7. The van der Waals surface area contributed by atoms with Gasteiger partial charge in [-0.05, 0) is 32.1 Å². The number of hydrogen-bond donors (Lipinski definition) is 1. The molecule has 2 N–H and O–H groups in total. The van der Waals surface area contributed by atoms with Gasteiger partial charge in [-0.15, -0.1) is 0 Å². The van der Waals surface area contributed by atoms with Gasteiger partial charge in [0.05, 0.1) is 0 Å². The summed E-state index contributed by atoms with van der Waals surface area (Å²) >= 11 is 0. The van der Waals surface area contributed by atoms with Crippen molar-refractivity contribution < 1.29 is 4.79 Å². The van der Waals surface area contributed by atoms with Gasteiger partial charge in [0, 0.05) is 25.0 Å². The lowest BCUT2D eigenvalue weighted by Crippen LogP contribution is -2.43. The maximum atomic E-state index is 12.5. The third kappa shape index (κ3) is 3.47. The summed E-state index contributed by atoms with van der Waals surface area (Å²) in [6, 6.07) is 0.730. The van der Waals surface area contributed by atoms with Crippen molar-refractivity contribution in [2.75, 3.05) is 7.05 Å². The Bertz CT molecular complexity index is 272. The second-order valence-electron chi connectivity index (χ2n) is 6.22. The molecule has 2 atom stereocenters. The molecular weight excluding hydrogens is 224 g/mol. The Hall–Kier alpha value is -0.570. The lowest BCUT2D eigenvalue weighted by atomic mass is 9.85. The minimum atomic E-state index is 0.196. The molecule has 1 amide bonds. The monoisotopic (exact) mass is 252 g/mol. The third-order valence-electron chi connectivity index (χ3n) is 4.78. The van der Waals surface area contributed by atoms with Gasteiger partial charge in [0.15, 0.2) is 0 Å². The van der Waals surface area contributed by atoms with Crippen LogP contribution in [0.25, 0.3) is 0 Å². The van der Waals surface area contributed by atoms with Crippen LogP contribution in [-0.2, 0) is 4.79 Å². The summed E-state index contributed by atoms with van der Waals surface area (Å²) in [5.41, 5.74) is 6.00. The summed E-state index contributed by atoms with van der Waals surface area (Å²) in [5, 5.41) is 0. The summed E-state index contributed by atoms with van der Waals surface area (Å²) in [5.74, 6) is 0.555. The fourth-order valence-corrected chi connectivity index (χ4v) is 3.56. The van der Waals surface area contributed by atoms with Gasteiger partial charge in [0.2, 0.25) is 5.91 Å². The van der Waals surface area contributed by atoms with Gasteiger partial charge in [-0.25, -0.2) is 0 Å². The Balaban J connectivity index is 1.90. The Morgan fingerprint density at radius 3 is 2.28 bits per heavy atom. The molecule has 2 aliphatic carbocycles. The second kappa shape index (κ2) is 6.55. The van der Waals surface area contributed by atoms with Gasteiger partial charge in [-0.1, -0.05) is 32.1 Å². The fraction of sp³-hybridized carbons (Fsp3) is 0.933. The van der Waals surface area contributed by atoms with Crippen molar-refractivity contribution in [1.29, 1.82) is 0 Å². The van der Waals surface area contributed by atoms with E-state index in [0.29, 0.717) is 11.9 Å². The number of nitrogens with two attached hydrogens (primary N) is 1. The van der Waals surface area contributed by atoms with Gasteiger partial charge in [-0.3, -0.25) is 4.79 Å².